The summed E-state index contributed by atoms with van der Waals surface area (Å²) < 4.78 is 0. The number of hydrogen-bond donors (Lipinski definition) is 1. The molecule has 2 aromatic carbocycles. The summed E-state index contributed by atoms with van der Waals surface area (Å²) in [5.74, 6) is -0.676. The molecular weight excluding hydrogens is 338 g/mol. The lowest BCUT2D eigenvalue weighted by Crippen LogP contribution is -2.41. The highest BCUT2D eigenvalue weighted by Gasteiger charge is 2.50. The minimum atomic E-state index is -1.83. The van der Waals surface area contributed by atoms with E-state index in [9.17, 15) is 14.7 Å². The van der Waals surface area contributed by atoms with Gasteiger partial charge in [0.25, 0.3) is 5.91 Å². The first-order valence-corrected chi connectivity index (χ1v) is 9.44. The summed E-state index contributed by atoms with van der Waals surface area (Å²) in [5, 5.41) is 11.2. The second-order valence-electron chi connectivity index (χ2n) is 7.37. The summed E-state index contributed by atoms with van der Waals surface area (Å²) in [4.78, 5) is 27.4. The van der Waals surface area contributed by atoms with Crippen LogP contribution < -0.4 is 4.90 Å². The van der Waals surface area contributed by atoms with Crippen LogP contribution in [0.15, 0.2) is 55.1 Å². The number of rotatable bonds is 5. The van der Waals surface area contributed by atoms with Gasteiger partial charge in [0.15, 0.2) is 11.4 Å². The number of fused-ring (bicyclic) bond motifs is 2. The first-order valence-electron chi connectivity index (χ1n) is 9.44. The van der Waals surface area contributed by atoms with E-state index < -0.39 is 11.5 Å². The van der Waals surface area contributed by atoms with Gasteiger partial charge in [-0.2, -0.15) is 0 Å². The molecular formula is C23H23NO3. The predicted octanol–water partition coefficient (Wildman–Crippen LogP) is 3.56. The normalized spacial score (nSPS) is 20.9. The van der Waals surface area contributed by atoms with E-state index in [1.807, 2.05) is 24.3 Å². The number of ketones is 1. The zero-order valence-electron chi connectivity index (χ0n) is 15.3. The third-order valence-corrected chi connectivity index (χ3v) is 5.64. The number of carbonyl (C=O) groups excluding carboxylic acids is 2. The second kappa shape index (κ2) is 6.78. The monoisotopic (exact) mass is 361 g/mol. The Balaban J connectivity index is 1.66. The van der Waals surface area contributed by atoms with Gasteiger partial charge in [-0.15, -0.1) is 6.58 Å². The Morgan fingerprint density at radius 2 is 1.89 bits per heavy atom. The molecule has 2 aliphatic rings. The zero-order valence-corrected chi connectivity index (χ0v) is 15.3. The van der Waals surface area contributed by atoms with Gasteiger partial charge in [-0.05, 0) is 48.9 Å². The molecule has 1 heterocycles. The average molecular weight is 361 g/mol. The predicted molar refractivity (Wildman–Crippen MR) is 105 cm³/mol. The number of nitrogens with zero attached hydrogens (tertiary/aromatic N) is 1. The number of para-hydroxylation sites is 1. The maximum absolute atomic E-state index is 13.0. The van der Waals surface area contributed by atoms with Gasteiger partial charge < -0.3 is 10.0 Å². The van der Waals surface area contributed by atoms with Crippen molar-refractivity contribution in [3.8, 4) is 0 Å². The standard InChI is InChI=1S/C23H23NO3/c1-2-13-24-20-10-6-5-9-19(20)23(27,22(24)26)15-21(25)18-12-11-16-7-3-4-8-17(16)14-18/h2,5-6,9-12,14,27H,1,3-4,7-8,13,15H2/t23-/m1/s1. The van der Waals surface area contributed by atoms with Crippen molar-refractivity contribution < 1.29 is 14.7 Å². The fourth-order valence-corrected chi connectivity index (χ4v) is 4.23. The second-order valence-corrected chi connectivity index (χ2v) is 7.37. The number of benzene rings is 2. The van der Waals surface area contributed by atoms with Gasteiger partial charge in [-0.1, -0.05) is 36.4 Å². The quantitative estimate of drug-likeness (QED) is 0.654. The maximum Gasteiger partial charge on any atom is 0.264 e. The third-order valence-electron chi connectivity index (χ3n) is 5.64. The Morgan fingerprint density at radius 1 is 1.15 bits per heavy atom. The Bertz CT molecular complexity index is 933. The Kier molecular flexibility index (Phi) is 4.44. The van der Waals surface area contributed by atoms with Gasteiger partial charge in [0.1, 0.15) is 0 Å². The smallest absolute Gasteiger partial charge is 0.264 e. The van der Waals surface area contributed by atoms with Crippen LogP contribution in [-0.4, -0.2) is 23.3 Å². The maximum atomic E-state index is 13.0. The largest absolute Gasteiger partial charge is 0.375 e. The average Bonchev–Trinajstić information content (AvgIpc) is 2.90. The van der Waals surface area contributed by atoms with Crippen LogP contribution in [0.1, 0.15) is 46.3 Å². The van der Waals surface area contributed by atoms with Crippen molar-refractivity contribution in [2.24, 2.45) is 0 Å². The van der Waals surface area contributed by atoms with Crippen LogP contribution >= 0.6 is 0 Å². The highest BCUT2D eigenvalue weighted by atomic mass is 16.3. The number of anilines is 1. The van der Waals surface area contributed by atoms with E-state index in [0.29, 0.717) is 23.4 Å². The fourth-order valence-electron chi connectivity index (χ4n) is 4.23. The molecule has 1 atom stereocenters. The van der Waals surface area contributed by atoms with Crippen molar-refractivity contribution in [2.45, 2.75) is 37.7 Å². The number of aryl methyl sites for hydroxylation is 2. The summed E-state index contributed by atoms with van der Waals surface area (Å²) in [6, 6.07) is 12.9. The molecule has 138 valence electrons. The van der Waals surface area contributed by atoms with E-state index in [1.54, 1.807) is 24.3 Å². The van der Waals surface area contributed by atoms with Gasteiger partial charge in [0.2, 0.25) is 0 Å². The van der Waals surface area contributed by atoms with Crippen molar-refractivity contribution in [3.63, 3.8) is 0 Å². The third kappa shape index (κ3) is 2.90. The van der Waals surface area contributed by atoms with Crippen molar-refractivity contribution in [1.82, 2.24) is 0 Å². The van der Waals surface area contributed by atoms with Crippen LogP contribution in [0, 0.1) is 0 Å². The van der Waals surface area contributed by atoms with Gasteiger partial charge >= 0.3 is 0 Å². The SMILES string of the molecule is C=CCN1C(=O)[C@@](O)(CC(=O)c2ccc3c(c2)CCCC3)c2ccccc21. The minimum absolute atomic E-state index is 0.213. The van der Waals surface area contributed by atoms with Crippen LogP contribution in [0.5, 0.6) is 0 Å². The van der Waals surface area contributed by atoms with Crippen molar-refractivity contribution in [1.29, 1.82) is 0 Å². The molecule has 4 nitrogen and oxygen atoms in total. The van der Waals surface area contributed by atoms with Crippen molar-refractivity contribution >= 4 is 17.4 Å². The molecule has 0 saturated carbocycles. The van der Waals surface area contributed by atoms with Crippen LogP contribution in [0.3, 0.4) is 0 Å². The van der Waals surface area contributed by atoms with Crippen LogP contribution in [-0.2, 0) is 23.2 Å². The molecule has 1 amide bonds. The molecule has 4 heteroatoms. The van der Waals surface area contributed by atoms with Gasteiger partial charge in [0, 0.05) is 17.7 Å². The molecule has 1 aliphatic carbocycles. The Morgan fingerprint density at radius 3 is 2.67 bits per heavy atom. The molecule has 2 aromatic rings. The molecule has 4 rings (SSSR count). The van der Waals surface area contributed by atoms with Gasteiger partial charge in [0.05, 0.1) is 12.1 Å². The molecule has 0 unspecified atom stereocenters. The van der Waals surface area contributed by atoms with E-state index in [0.717, 1.165) is 19.3 Å². The number of carbonyl (C=O) groups is 2. The summed E-state index contributed by atoms with van der Waals surface area (Å²) in [6.07, 6.45) is 5.72. The highest BCUT2D eigenvalue weighted by molar-refractivity contribution is 6.10. The first kappa shape index (κ1) is 17.7. The minimum Gasteiger partial charge on any atom is -0.375 e. The van der Waals surface area contributed by atoms with E-state index in [-0.39, 0.29) is 12.2 Å². The number of amides is 1. The highest BCUT2D eigenvalue weighted by Crippen LogP contribution is 2.42. The summed E-state index contributed by atoms with van der Waals surface area (Å²) in [6.45, 7) is 3.98. The first-order chi connectivity index (χ1) is 13.0. The summed E-state index contributed by atoms with van der Waals surface area (Å²) in [5.41, 5.74) is 2.39. The molecule has 0 aromatic heterocycles. The van der Waals surface area contributed by atoms with E-state index in [1.165, 1.54) is 22.4 Å². The molecule has 0 bridgehead atoms. The van der Waals surface area contributed by atoms with Crippen LogP contribution in [0.25, 0.3) is 0 Å². The lowest BCUT2D eigenvalue weighted by Gasteiger charge is -2.22. The molecule has 0 radical (unpaired) electrons. The summed E-state index contributed by atoms with van der Waals surface area (Å²) in [7, 11) is 0. The molecule has 0 saturated heterocycles. The molecule has 0 fully saturated rings. The molecule has 0 spiro atoms. The summed E-state index contributed by atoms with van der Waals surface area (Å²) >= 11 is 0. The topological polar surface area (TPSA) is 57.6 Å². The number of aliphatic hydroxyl groups is 1. The Hall–Kier alpha value is -2.72. The van der Waals surface area contributed by atoms with Gasteiger partial charge in [-0.25, -0.2) is 0 Å². The van der Waals surface area contributed by atoms with E-state index in [2.05, 4.69) is 6.58 Å². The van der Waals surface area contributed by atoms with Crippen molar-refractivity contribution in [3.05, 3.63) is 77.4 Å². The van der Waals surface area contributed by atoms with E-state index in [4.69, 9.17) is 0 Å². The molecule has 27 heavy (non-hydrogen) atoms. The molecule has 1 aliphatic heterocycles. The lowest BCUT2D eigenvalue weighted by molar-refractivity contribution is -0.135. The van der Waals surface area contributed by atoms with Crippen molar-refractivity contribution in [2.75, 3.05) is 11.4 Å². The van der Waals surface area contributed by atoms with Crippen LogP contribution in [0.4, 0.5) is 5.69 Å². The lowest BCUT2D eigenvalue weighted by atomic mass is 9.85. The Labute approximate surface area is 159 Å². The number of Topliss-reactive ketones (excluding diaryl/α,β-unsaturated/α-hetero) is 1. The fraction of sp³-hybridized carbons (Fsp3) is 0.304. The molecule has 1 N–H and O–H groups in total. The van der Waals surface area contributed by atoms with Crippen LogP contribution in [0.2, 0.25) is 0 Å². The number of hydrogen-bond acceptors (Lipinski definition) is 3. The zero-order chi connectivity index (χ0) is 19.0. The van der Waals surface area contributed by atoms with E-state index >= 15 is 0 Å². The van der Waals surface area contributed by atoms with Gasteiger partial charge in [-0.3, -0.25) is 9.59 Å².